The fourth-order valence-corrected chi connectivity index (χ4v) is 3.93. The van der Waals surface area contributed by atoms with Crippen LogP contribution in [0.25, 0.3) is 10.2 Å². The number of rotatable bonds is 5. The van der Waals surface area contributed by atoms with E-state index in [1.54, 1.807) is 22.7 Å². The third kappa shape index (κ3) is 3.06. The first kappa shape index (κ1) is 13.7. The SMILES string of the molecule is Cc1ncsc1CNC(C)Cc1nc2ccccc2s1. The minimum Gasteiger partial charge on any atom is -0.309 e. The molecule has 0 amide bonds. The lowest BCUT2D eigenvalue weighted by atomic mass is 10.2. The van der Waals surface area contributed by atoms with E-state index in [1.165, 1.54) is 14.6 Å². The first-order valence-electron chi connectivity index (χ1n) is 6.69. The van der Waals surface area contributed by atoms with Crippen LogP contribution in [-0.4, -0.2) is 16.0 Å². The van der Waals surface area contributed by atoms with Crippen LogP contribution >= 0.6 is 22.7 Å². The Morgan fingerprint density at radius 2 is 2.15 bits per heavy atom. The molecule has 2 aromatic heterocycles. The molecular formula is C15H17N3S2. The van der Waals surface area contributed by atoms with Gasteiger partial charge in [0, 0.05) is 23.9 Å². The van der Waals surface area contributed by atoms with Crippen molar-refractivity contribution < 1.29 is 0 Å². The number of nitrogens with zero attached hydrogens (tertiary/aromatic N) is 2. The smallest absolute Gasteiger partial charge is 0.0954 e. The molecule has 3 nitrogen and oxygen atoms in total. The molecule has 104 valence electrons. The highest BCUT2D eigenvalue weighted by atomic mass is 32.1. The maximum atomic E-state index is 4.68. The number of benzene rings is 1. The zero-order valence-electron chi connectivity index (χ0n) is 11.6. The van der Waals surface area contributed by atoms with Gasteiger partial charge in [0.25, 0.3) is 0 Å². The normalized spacial score (nSPS) is 12.9. The molecule has 2 heterocycles. The van der Waals surface area contributed by atoms with Gasteiger partial charge >= 0.3 is 0 Å². The van der Waals surface area contributed by atoms with E-state index in [2.05, 4.69) is 47.3 Å². The molecule has 20 heavy (non-hydrogen) atoms. The highest BCUT2D eigenvalue weighted by Crippen LogP contribution is 2.22. The molecule has 1 N–H and O–H groups in total. The van der Waals surface area contributed by atoms with Crippen molar-refractivity contribution in [2.24, 2.45) is 0 Å². The Kier molecular flexibility index (Phi) is 4.10. The predicted molar refractivity (Wildman–Crippen MR) is 86.5 cm³/mol. The zero-order chi connectivity index (χ0) is 13.9. The topological polar surface area (TPSA) is 37.8 Å². The minimum atomic E-state index is 0.414. The third-order valence-corrected chi connectivity index (χ3v) is 5.27. The van der Waals surface area contributed by atoms with Gasteiger partial charge in [-0.1, -0.05) is 12.1 Å². The summed E-state index contributed by atoms with van der Waals surface area (Å²) in [6, 6.07) is 8.74. The van der Waals surface area contributed by atoms with E-state index in [-0.39, 0.29) is 0 Å². The zero-order valence-corrected chi connectivity index (χ0v) is 13.2. The van der Waals surface area contributed by atoms with Crippen molar-refractivity contribution in [2.45, 2.75) is 32.9 Å². The standard InChI is InChI=1S/C15H17N3S2/c1-10(16-8-14-11(2)17-9-19-14)7-15-18-12-5-3-4-6-13(12)20-15/h3-6,9-10,16H,7-8H2,1-2H3. The number of hydrogen-bond donors (Lipinski definition) is 1. The van der Waals surface area contributed by atoms with Gasteiger partial charge < -0.3 is 5.32 Å². The largest absolute Gasteiger partial charge is 0.309 e. The summed E-state index contributed by atoms with van der Waals surface area (Å²) < 4.78 is 1.27. The molecular weight excluding hydrogens is 286 g/mol. The molecule has 1 unspecified atom stereocenters. The molecule has 3 aromatic rings. The van der Waals surface area contributed by atoms with Gasteiger partial charge in [-0.25, -0.2) is 9.97 Å². The molecule has 0 aliphatic carbocycles. The number of fused-ring (bicyclic) bond motifs is 1. The van der Waals surface area contributed by atoms with Crippen molar-refractivity contribution in [3.8, 4) is 0 Å². The van der Waals surface area contributed by atoms with Gasteiger partial charge in [0.2, 0.25) is 0 Å². The average Bonchev–Trinajstić information content (AvgIpc) is 3.01. The number of thiazole rings is 2. The molecule has 0 saturated carbocycles. The summed E-state index contributed by atoms with van der Waals surface area (Å²) >= 11 is 3.51. The van der Waals surface area contributed by atoms with Gasteiger partial charge in [0.05, 0.1) is 26.4 Å². The maximum Gasteiger partial charge on any atom is 0.0954 e. The molecule has 0 saturated heterocycles. The van der Waals surface area contributed by atoms with Crippen molar-refractivity contribution in [1.29, 1.82) is 0 Å². The molecule has 0 aliphatic rings. The molecule has 5 heteroatoms. The summed E-state index contributed by atoms with van der Waals surface area (Å²) in [5.41, 5.74) is 4.15. The van der Waals surface area contributed by atoms with Crippen molar-refractivity contribution in [3.63, 3.8) is 0 Å². The Bertz CT molecular complexity index is 669. The first-order valence-corrected chi connectivity index (χ1v) is 8.39. The highest BCUT2D eigenvalue weighted by Gasteiger charge is 2.09. The van der Waals surface area contributed by atoms with E-state index in [4.69, 9.17) is 0 Å². The van der Waals surface area contributed by atoms with Crippen LogP contribution in [0.3, 0.4) is 0 Å². The molecule has 1 atom stereocenters. The Hall–Kier alpha value is -1.30. The van der Waals surface area contributed by atoms with Crippen LogP contribution in [0.1, 0.15) is 22.5 Å². The molecule has 1 aromatic carbocycles. The molecule has 0 fully saturated rings. The first-order chi connectivity index (χ1) is 9.72. The molecule has 3 rings (SSSR count). The summed E-state index contributed by atoms with van der Waals surface area (Å²) in [4.78, 5) is 10.3. The Morgan fingerprint density at radius 1 is 1.30 bits per heavy atom. The summed E-state index contributed by atoms with van der Waals surface area (Å²) in [6.45, 7) is 5.16. The van der Waals surface area contributed by atoms with Crippen LogP contribution < -0.4 is 5.32 Å². The minimum absolute atomic E-state index is 0.414. The lowest BCUT2D eigenvalue weighted by Crippen LogP contribution is -2.27. The van der Waals surface area contributed by atoms with E-state index in [9.17, 15) is 0 Å². The van der Waals surface area contributed by atoms with Crippen LogP contribution in [-0.2, 0) is 13.0 Å². The monoisotopic (exact) mass is 303 g/mol. The van der Waals surface area contributed by atoms with E-state index in [0.29, 0.717) is 6.04 Å². The predicted octanol–water partition coefficient (Wildman–Crippen LogP) is 3.78. The molecule has 0 spiro atoms. The number of aromatic nitrogens is 2. The van der Waals surface area contributed by atoms with E-state index < -0.39 is 0 Å². The number of aryl methyl sites for hydroxylation is 1. The maximum absolute atomic E-state index is 4.68. The number of hydrogen-bond acceptors (Lipinski definition) is 5. The Balaban J connectivity index is 1.61. The fraction of sp³-hybridized carbons (Fsp3) is 0.333. The quantitative estimate of drug-likeness (QED) is 0.779. The van der Waals surface area contributed by atoms with Crippen molar-refractivity contribution >= 4 is 32.9 Å². The second kappa shape index (κ2) is 5.99. The van der Waals surface area contributed by atoms with Gasteiger partial charge in [-0.2, -0.15) is 0 Å². The molecule has 0 radical (unpaired) electrons. The van der Waals surface area contributed by atoms with Gasteiger partial charge in [-0.15, -0.1) is 22.7 Å². The molecule has 0 bridgehead atoms. The molecule has 0 aliphatic heterocycles. The summed E-state index contributed by atoms with van der Waals surface area (Å²) in [5.74, 6) is 0. The lowest BCUT2D eigenvalue weighted by Gasteiger charge is -2.11. The number of para-hydroxylation sites is 1. The second-order valence-corrected chi connectivity index (χ2v) is 6.98. The van der Waals surface area contributed by atoms with Crippen molar-refractivity contribution in [2.75, 3.05) is 0 Å². The summed E-state index contributed by atoms with van der Waals surface area (Å²) in [7, 11) is 0. The average molecular weight is 303 g/mol. The second-order valence-electron chi connectivity index (χ2n) is 4.92. The third-order valence-electron chi connectivity index (χ3n) is 3.27. The van der Waals surface area contributed by atoms with Gasteiger partial charge in [0.1, 0.15) is 0 Å². The fourth-order valence-electron chi connectivity index (χ4n) is 2.10. The van der Waals surface area contributed by atoms with Gasteiger partial charge in [0.15, 0.2) is 0 Å². The summed E-state index contributed by atoms with van der Waals surface area (Å²) in [6.07, 6.45) is 0.969. The van der Waals surface area contributed by atoms with Crippen LogP contribution in [0.4, 0.5) is 0 Å². The lowest BCUT2D eigenvalue weighted by molar-refractivity contribution is 0.547. The van der Waals surface area contributed by atoms with Gasteiger partial charge in [-0.05, 0) is 26.0 Å². The van der Waals surface area contributed by atoms with Crippen LogP contribution in [0.15, 0.2) is 29.8 Å². The number of nitrogens with one attached hydrogen (secondary N) is 1. The van der Waals surface area contributed by atoms with Crippen molar-refractivity contribution in [1.82, 2.24) is 15.3 Å². The Morgan fingerprint density at radius 3 is 2.90 bits per heavy atom. The Labute approximate surface area is 126 Å². The van der Waals surface area contributed by atoms with E-state index >= 15 is 0 Å². The van der Waals surface area contributed by atoms with E-state index in [0.717, 1.165) is 24.2 Å². The van der Waals surface area contributed by atoms with Crippen LogP contribution in [0, 0.1) is 6.92 Å². The van der Waals surface area contributed by atoms with Gasteiger partial charge in [-0.3, -0.25) is 0 Å². The van der Waals surface area contributed by atoms with E-state index in [1.807, 2.05) is 11.6 Å². The van der Waals surface area contributed by atoms with Crippen LogP contribution in [0.2, 0.25) is 0 Å². The van der Waals surface area contributed by atoms with Crippen molar-refractivity contribution in [3.05, 3.63) is 45.4 Å². The summed E-state index contributed by atoms with van der Waals surface area (Å²) in [5, 5.41) is 4.76. The van der Waals surface area contributed by atoms with Crippen LogP contribution in [0.5, 0.6) is 0 Å². The highest BCUT2D eigenvalue weighted by molar-refractivity contribution is 7.18.